The Balaban J connectivity index is 1.23. The molecule has 1 aliphatic rings. The number of aliphatic hydroxyl groups excluding tert-OH is 1. The minimum absolute atomic E-state index is 0.119. The zero-order valence-electron chi connectivity index (χ0n) is 19.9. The molecule has 0 atom stereocenters. The molecular weight excluding hydrogens is 460 g/mol. The van der Waals surface area contributed by atoms with Crippen molar-refractivity contribution in [2.24, 2.45) is 0 Å². The first-order valence-corrected chi connectivity index (χ1v) is 12.5. The Labute approximate surface area is 210 Å². The van der Waals surface area contributed by atoms with E-state index in [1.165, 1.54) is 18.4 Å². The van der Waals surface area contributed by atoms with Gasteiger partial charge in [-0.25, -0.2) is 4.98 Å². The van der Waals surface area contributed by atoms with Gasteiger partial charge in [0.25, 0.3) is 0 Å². The summed E-state index contributed by atoms with van der Waals surface area (Å²) in [6, 6.07) is 19.4. The summed E-state index contributed by atoms with van der Waals surface area (Å²) in [6.07, 6.45) is 8.60. The van der Waals surface area contributed by atoms with E-state index in [1.54, 1.807) is 19.2 Å². The standard InChI is InChI=1S/C28H31ClN4O2/c1-35-27-13-20(18-34)24(15-25(27)29)26-17-33-12-11-23(14-28(33)32-26)31-22-9-7-21(8-10-22)30-16-19-5-3-2-4-6-19/h2-6,11-15,17,21-22,30-31,34H,7-10,16,18H2,1H3. The third-order valence-corrected chi connectivity index (χ3v) is 7.12. The highest BCUT2D eigenvalue weighted by Crippen LogP contribution is 2.34. The fraction of sp³-hybridized carbons (Fsp3) is 0.321. The fourth-order valence-electron chi connectivity index (χ4n) is 4.86. The molecule has 2 aromatic heterocycles. The topological polar surface area (TPSA) is 70.8 Å². The molecular formula is C28H31ClN4O2. The van der Waals surface area contributed by atoms with Crippen LogP contribution in [0.5, 0.6) is 5.75 Å². The van der Waals surface area contributed by atoms with Crippen LogP contribution in [0.2, 0.25) is 5.02 Å². The molecule has 0 saturated heterocycles. The molecule has 0 amide bonds. The van der Waals surface area contributed by atoms with Crippen LogP contribution in [-0.2, 0) is 13.2 Å². The number of fused-ring (bicyclic) bond motifs is 1. The predicted octanol–water partition coefficient (Wildman–Crippen LogP) is 5.67. The number of pyridine rings is 1. The zero-order valence-corrected chi connectivity index (χ0v) is 20.6. The van der Waals surface area contributed by atoms with Gasteiger partial charge in [0.15, 0.2) is 0 Å². The number of methoxy groups -OCH3 is 1. The van der Waals surface area contributed by atoms with E-state index in [0.717, 1.165) is 47.5 Å². The molecule has 6 nitrogen and oxygen atoms in total. The zero-order chi connectivity index (χ0) is 24.2. The van der Waals surface area contributed by atoms with Gasteiger partial charge in [-0.2, -0.15) is 0 Å². The molecule has 0 spiro atoms. The van der Waals surface area contributed by atoms with Crippen LogP contribution in [0.15, 0.2) is 67.0 Å². The number of nitrogens with one attached hydrogen (secondary N) is 2. The SMILES string of the molecule is COc1cc(CO)c(-c2cn3ccc(NC4CCC(NCc5ccccc5)CC4)cc3n2)cc1Cl. The van der Waals surface area contributed by atoms with E-state index in [-0.39, 0.29) is 6.61 Å². The number of imidazole rings is 1. The molecule has 2 aromatic carbocycles. The number of hydrogen-bond donors (Lipinski definition) is 3. The third-order valence-electron chi connectivity index (χ3n) is 6.82. The molecule has 0 unspecified atom stereocenters. The Kier molecular flexibility index (Phi) is 7.23. The van der Waals surface area contributed by atoms with Crippen molar-refractivity contribution < 1.29 is 9.84 Å². The number of ether oxygens (including phenoxy) is 1. The van der Waals surface area contributed by atoms with Crippen LogP contribution < -0.4 is 15.4 Å². The Morgan fingerprint density at radius 3 is 2.57 bits per heavy atom. The third kappa shape index (κ3) is 5.45. The van der Waals surface area contributed by atoms with E-state index < -0.39 is 0 Å². The normalized spacial score (nSPS) is 18.0. The van der Waals surface area contributed by atoms with Crippen molar-refractivity contribution in [3.63, 3.8) is 0 Å². The van der Waals surface area contributed by atoms with Crippen LogP contribution >= 0.6 is 11.6 Å². The van der Waals surface area contributed by atoms with Crippen LogP contribution in [0.1, 0.15) is 36.8 Å². The maximum atomic E-state index is 9.85. The number of aliphatic hydroxyl groups is 1. The lowest BCUT2D eigenvalue weighted by Gasteiger charge is -2.30. The molecule has 0 bridgehead atoms. The van der Waals surface area contributed by atoms with Gasteiger partial charge in [0, 0.05) is 48.3 Å². The fourth-order valence-corrected chi connectivity index (χ4v) is 5.10. The van der Waals surface area contributed by atoms with Gasteiger partial charge in [0.05, 0.1) is 24.4 Å². The average molecular weight is 491 g/mol. The van der Waals surface area contributed by atoms with Crippen molar-refractivity contribution in [3.05, 3.63) is 83.1 Å². The van der Waals surface area contributed by atoms with Crippen LogP contribution in [0, 0.1) is 0 Å². The van der Waals surface area contributed by atoms with Gasteiger partial charge < -0.3 is 24.9 Å². The van der Waals surface area contributed by atoms with Crippen LogP contribution in [0.25, 0.3) is 16.9 Å². The number of benzene rings is 2. The Hall–Kier alpha value is -3.06. The van der Waals surface area contributed by atoms with Gasteiger partial charge >= 0.3 is 0 Å². The van der Waals surface area contributed by atoms with Gasteiger partial charge in [0.2, 0.25) is 0 Å². The largest absolute Gasteiger partial charge is 0.495 e. The first-order valence-electron chi connectivity index (χ1n) is 12.1. The number of rotatable bonds is 8. The summed E-state index contributed by atoms with van der Waals surface area (Å²) in [7, 11) is 1.56. The minimum atomic E-state index is -0.119. The van der Waals surface area contributed by atoms with E-state index in [1.807, 2.05) is 16.8 Å². The highest BCUT2D eigenvalue weighted by Gasteiger charge is 2.21. The summed E-state index contributed by atoms with van der Waals surface area (Å²) < 4.78 is 7.27. The summed E-state index contributed by atoms with van der Waals surface area (Å²) in [5, 5.41) is 17.8. The second kappa shape index (κ2) is 10.7. The molecule has 0 aliphatic heterocycles. The Morgan fingerprint density at radius 1 is 1.06 bits per heavy atom. The van der Waals surface area contributed by atoms with Crippen LogP contribution in [-0.4, -0.2) is 33.7 Å². The monoisotopic (exact) mass is 490 g/mol. The summed E-state index contributed by atoms with van der Waals surface area (Å²) in [4.78, 5) is 4.81. The lowest BCUT2D eigenvalue weighted by Crippen LogP contribution is -2.36. The molecule has 0 radical (unpaired) electrons. The molecule has 1 saturated carbocycles. The van der Waals surface area contributed by atoms with Crippen LogP contribution in [0.4, 0.5) is 5.69 Å². The highest BCUT2D eigenvalue weighted by atomic mass is 35.5. The van der Waals surface area contributed by atoms with E-state index in [4.69, 9.17) is 21.3 Å². The maximum Gasteiger partial charge on any atom is 0.139 e. The van der Waals surface area contributed by atoms with E-state index in [2.05, 4.69) is 53.1 Å². The molecule has 3 N–H and O–H groups in total. The highest BCUT2D eigenvalue weighted by molar-refractivity contribution is 6.32. The average Bonchev–Trinajstić information content (AvgIpc) is 3.32. The molecule has 7 heteroatoms. The number of anilines is 1. The lowest BCUT2D eigenvalue weighted by molar-refractivity contribution is 0.281. The van der Waals surface area contributed by atoms with Gasteiger partial charge in [-0.1, -0.05) is 41.9 Å². The van der Waals surface area contributed by atoms with Gasteiger partial charge in [-0.05, 0) is 55.0 Å². The molecule has 4 aromatic rings. The molecule has 1 fully saturated rings. The van der Waals surface area contributed by atoms with Crippen molar-refractivity contribution in [3.8, 4) is 17.0 Å². The molecule has 1 aliphatic carbocycles. The van der Waals surface area contributed by atoms with Crippen molar-refractivity contribution in [2.45, 2.75) is 50.9 Å². The van der Waals surface area contributed by atoms with Crippen LogP contribution in [0.3, 0.4) is 0 Å². The molecule has 35 heavy (non-hydrogen) atoms. The van der Waals surface area contributed by atoms with E-state index in [0.29, 0.717) is 22.9 Å². The van der Waals surface area contributed by atoms with Gasteiger partial charge in [-0.3, -0.25) is 0 Å². The van der Waals surface area contributed by atoms with Crippen molar-refractivity contribution in [2.75, 3.05) is 12.4 Å². The second-order valence-electron chi connectivity index (χ2n) is 9.17. The lowest BCUT2D eigenvalue weighted by atomic mass is 9.91. The number of hydrogen-bond acceptors (Lipinski definition) is 5. The number of halogens is 1. The Bertz CT molecular complexity index is 1280. The predicted molar refractivity (Wildman–Crippen MR) is 141 cm³/mol. The molecule has 182 valence electrons. The van der Waals surface area contributed by atoms with Crippen molar-refractivity contribution in [1.82, 2.24) is 14.7 Å². The summed E-state index contributed by atoms with van der Waals surface area (Å²) >= 11 is 6.35. The molecule has 5 rings (SSSR count). The minimum Gasteiger partial charge on any atom is -0.495 e. The first-order chi connectivity index (χ1) is 17.1. The molecule has 2 heterocycles. The van der Waals surface area contributed by atoms with E-state index in [9.17, 15) is 5.11 Å². The van der Waals surface area contributed by atoms with Crippen molar-refractivity contribution >= 4 is 22.9 Å². The maximum absolute atomic E-state index is 9.85. The van der Waals surface area contributed by atoms with Gasteiger partial charge in [-0.15, -0.1) is 0 Å². The smallest absolute Gasteiger partial charge is 0.139 e. The van der Waals surface area contributed by atoms with Gasteiger partial charge in [0.1, 0.15) is 11.4 Å². The number of nitrogens with zero attached hydrogens (tertiary/aromatic N) is 2. The summed E-state index contributed by atoms with van der Waals surface area (Å²) in [5.74, 6) is 0.541. The first kappa shape index (κ1) is 23.7. The number of aromatic nitrogens is 2. The van der Waals surface area contributed by atoms with Crippen molar-refractivity contribution in [1.29, 1.82) is 0 Å². The second-order valence-corrected chi connectivity index (χ2v) is 9.58. The summed E-state index contributed by atoms with van der Waals surface area (Å²) in [6.45, 7) is 0.812. The summed E-state index contributed by atoms with van der Waals surface area (Å²) in [5.41, 5.74) is 5.55. The quantitative estimate of drug-likeness (QED) is 0.297. The Morgan fingerprint density at radius 2 is 1.83 bits per heavy atom. The van der Waals surface area contributed by atoms with E-state index >= 15 is 0 Å².